The van der Waals surface area contributed by atoms with Crippen molar-refractivity contribution in [1.82, 2.24) is 15.2 Å². The number of nitrogens with zero attached hydrogens (tertiary/aromatic N) is 2. The number of benzene rings is 2. The highest BCUT2D eigenvalue weighted by Gasteiger charge is 2.46. The molecule has 0 aliphatic carbocycles. The Morgan fingerprint density at radius 2 is 1.94 bits per heavy atom. The van der Waals surface area contributed by atoms with Crippen molar-refractivity contribution in [1.29, 1.82) is 0 Å². The fraction of sp³-hybridized carbons (Fsp3) is 0.296. The second-order valence-electron chi connectivity index (χ2n) is 8.97. The molecule has 0 saturated carbocycles. The van der Waals surface area contributed by atoms with Crippen LogP contribution in [-0.2, 0) is 11.2 Å². The molecule has 0 spiro atoms. The van der Waals surface area contributed by atoms with Crippen molar-refractivity contribution in [2.45, 2.75) is 32.7 Å². The summed E-state index contributed by atoms with van der Waals surface area (Å²) in [7, 11) is 0. The van der Waals surface area contributed by atoms with Gasteiger partial charge in [-0.2, -0.15) is 0 Å². The summed E-state index contributed by atoms with van der Waals surface area (Å²) in [5.41, 5.74) is 2.57. The molecule has 0 bridgehead atoms. The van der Waals surface area contributed by atoms with Crippen LogP contribution in [0.2, 0.25) is 0 Å². The van der Waals surface area contributed by atoms with Gasteiger partial charge in [-0.25, -0.2) is 4.39 Å². The fourth-order valence-corrected chi connectivity index (χ4v) is 4.52. The highest BCUT2D eigenvalue weighted by atomic mass is 19.1. The second kappa shape index (κ2) is 9.53. The topological polar surface area (TPSA) is 62.3 Å². The van der Waals surface area contributed by atoms with Gasteiger partial charge < -0.3 is 10.2 Å². The number of carbonyl (C=O) groups is 2. The van der Waals surface area contributed by atoms with E-state index in [1.165, 1.54) is 18.2 Å². The van der Waals surface area contributed by atoms with Gasteiger partial charge in [-0.05, 0) is 62.1 Å². The predicted molar refractivity (Wildman–Crippen MR) is 126 cm³/mol. The van der Waals surface area contributed by atoms with Gasteiger partial charge >= 0.3 is 0 Å². The number of halogens is 1. The summed E-state index contributed by atoms with van der Waals surface area (Å²) >= 11 is 0. The summed E-state index contributed by atoms with van der Waals surface area (Å²) in [5, 5.41) is 3.06. The van der Waals surface area contributed by atoms with Crippen LogP contribution in [0.1, 0.15) is 36.2 Å². The number of carbonyl (C=O) groups excluding carboxylic acids is 2. The molecule has 1 saturated heterocycles. The number of pyridine rings is 1. The summed E-state index contributed by atoms with van der Waals surface area (Å²) in [6.45, 7) is 4.58. The molecule has 1 fully saturated rings. The zero-order valence-corrected chi connectivity index (χ0v) is 18.9. The molecule has 0 unspecified atom stereocenters. The zero-order chi connectivity index (χ0) is 23.4. The van der Waals surface area contributed by atoms with Crippen molar-refractivity contribution in [3.8, 4) is 11.1 Å². The van der Waals surface area contributed by atoms with Gasteiger partial charge in [0.25, 0.3) is 5.91 Å². The molecule has 1 N–H and O–H groups in total. The lowest BCUT2D eigenvalue weighted by atomic mass is 9.78. The van der Waals surface area contributed by atoms with E-state index in [-0.39, 0.29) is 24.4 Å². The first-order valence-electron chi connectivity index (χ1n) is 11.2. The smallest absolute Gasteiger partial charge is 0.253 e. The monoisotopic (exact) mass is 445 g/mol. The lowest BCUT2D eigenvalue weighted by Gasteiger charge is -2.30. The summed E-state index contributed by atoms with van der Waals surface area (Å²) in [6, 6.07) is 17.6. The minimum absolute atomic E-state index is 0.0177. The Hall–Kier alpha value is -3.54. The van der Waals surface area contributed by atoms with Gasteiger partial charge in [0, 0.05) is 42.7 Å². The van der Waals surface area contributed by atoms with Gasteiger partial charge in [0.15, 0.2) is 0 Å². The van der Waals surface area contributed by atoms with Gasteiger partial charge in [0.1, 0.15) is 5.82 Å². The van der Waals surface area contributed by atoms with E-state index in [0.717, 1.165) is 16.7 Å². The van der Waals surface area contributed by atoms with Gasteiger partial charge in [0.05, 0.1) is 5.41 Å². The van der Waals surface area contributed by atoms with E-state index < -0.39 is 11.2 Å². The van der Waals surface area contributed by atoms with E-state index in [1.807, 2.05) is 56.4 Å². The maximum Gasteiger partial charge on any atom is 0.253 e. The SMILES string of the molecule is CC(C)NC(=O)[C@]1(Cc2ccccc2-c2cccnc2)CCN(C(=O)c2cccc(F)c2)C1. The van der Waals surface area contributed by atoms with Crippen LogP contribution in [0.25, 0.3) is 11.1 Å². The van der Waals surface area contributed by atoms with Crippen molar-refractivity contribution < 1.29 is 14.0 Å². The van der Waals surface area contributed by atoms with Gasteiger partial charge in [-0.3, -0.25) is 14.6 Å². The number of likely N-dealkylation sites (tertiary alicyclic amines) is 1. The van der Waals surface area contributed by atoms with E-state index >= 15 is 0 Å². The Balaban J connectivity index is 1.66. The third-order valence-electron chi connectivity index (χ3n) is 6.13. The number of rotatable bonds is 6. The van der Waals surface area contributed by atoms with Crippen LogP contribution in [0.15, 0.2) is 73.1 Å². The summed E-state index contributed by atoms with van der Waals surface area (Å²) in [4.78, 5) is 32.5. The Labute approximate surface area is 193 Å². The van der Waals surface area contributed by atoms with E-state index in [0.29, 0.717) is 24.9 Å². The molecule has 1 aliphatic heterocycles. The highest BCUT2D eigenvalue weighted by molar-refractivity contribution is 5.95. The molecule has 2 aromatic carbocycles. The van der Waals surface area contributed by atoms with Gasteiger partial charge in [-0.1, -0.05) is 36.4 Å². The van der Waals surface area contributed by atoms with E-state index in [4.69, 9.17) is 0 Å². The predicted octanol–water partition coefficient (Wildman–Crippen LogP) is 4.49. The van der Waals surface area contributed by atoms with E-state index in [2.05, 4.69) is 10.3 Å². The lowest BCUT2D eigenvalue weighted by Crippen LogP contribution is -2.47. The molecule has 33 heavy (non-hydrogen) atoms. The highest BCUT2D eigenvalue weighted by Crippen LogP contribution is 2.38. The van der Waals surface area contributed by atoms with Crippen LogP contribution < -0.4 is 5.32 Å². The molecular weight excluding hydrogens is 417 g/mol. The van der Waals surface area contributed by atoms with Crippen LogP contribution in [-0.4, -0.2) is 40.8 Å². The minimum Gasteiger partial charge on any atom is -0.353 e. The zero-order valence-electron chi connectivity index (χ0n) is 18.9. The normalized spacial score (nSPS) is 17.9. The molecule has 1 aliphatic rings. The maximum atomic E-state index is 13.7. The van der Waals surface area contributed by atoms with E-state index in [9.17, 15) is 14.0 Å². The number of amides is 2. The molecule has 170 valence electrons. The molecule has 6 heteroatoms. The van der Waals surface area contributed by atoms with Crippen molar-refractivity contribution in [2.75, 3.05) is 13.1 Å². The number of aromatic nitrogens is 1. The fourth-order valence-electron chi connectivity index (χ4n) is 4.52. The molecule has 2 heterocycles. The number of hydrogen-bond donors (Lipinski definition) is 1. The van der Waals surface area contributed by atoms with Crippen molar-refractivity contribution >= 4 is 11.8 Å². The second-order valence-corrected chi connectivity index (χ2v) is 8.97. The summed E-state index contributed by atoms with van der Waals surface area (Å²) in [6.07, 6.45) is 4.57. The van der Waals surface area contributed by atoms with Crippen molar-refractivity contribution in [2.24, 2.45) is 5.41 Å². The standard InChI is InChI=1S/C27H28FN3O2/c1-19(2)30-26(33)27(12-14-31(18-27)25(32)20-8-5-10-23(28)15-20)16-21-7-3-4-11-24(21)22-9-6-13-29-17-22/h3-11,13,15,17,19H,12,14,16,18H2,1-2H3,(H,30,33)/t27-/m0/s1. The van der Waals surface area contributed by atoms with Gasteiger partial charge in [0.2, 0.25) is 5.91 Å². The molecule has 3 aromatic rings. The average Bonchev–Trinajstić information content (AvgIpc) is 3.24. The molecule has 2 amide bonds. The quantitative estimate of drug-likeness (QED) is 0.608. The van der Waals surface area contributed by atoms with Gasteiger partial charge in [-0.15, -0.1) is 0 Å². The Bertz CT molecular complexity index is 1150. The van der Waals surface area contributed by atoms with Crippen molar-refractivity contribution in [3.05, 3.63) is 90.0 Å². The number of nitrogens with one attached hydrogen (secondary N) is 1. The van der Waals surface area contributed by atoms with E-state index in [1.54, 1.807) is 17.2 Å². The first-order valence-corrected chi connectivity index (χ1v) is 11.2. The maximum absolute atomic E-state index is 13.7. The first-order chi connectivity index (χ1) is 15.9. The lowest BCUT2D eigenvalue weighted by molar-refractivity contribution is -0.130. The molecule has 4 rings (SSSR count). The Kier molecular flexibility index (Phi) is 6.54. The minimum atomic E-state index is -0.772. The molecule has 1 atom stereocenters. The third kappa shape index (κ3) is 4.95. The Morgan fingerprint density at radius 3 is 2.67 bits per heavy atom. The Morgan fingerprint density at radius 1 is 1.12 bits per heavy atom. The molecule has 1 aromatic heterocycles. The molecular formula is C27H28FN3O2. The van der Waals surface area contributed by atoms with Crippen molar-refractivity contribution in [3.63, 3.8) is 0 Å². The molecule has 5 nitrogen and oxygen atoms in total. The summed E-state index contributed by atoms with van der Waals surface area (Å²) < 4.78 is 13.7. The summed E-state index contributed by atoms with van der Waals surface area (Å²) in [5.74, 6) is -0.767. The van der Waals surface area contributed by atoms with Crippen LogP contribution in [0.4, 0.5) is 4.39 Å². The first kappa shape index (κ1) is 22.6. The third-order valence-corrected chi connectivity index (χ3v) is 6.13. The molecule has 0 radical (unpaired) electrons. The van der Waals surface area contributed by atoms with Crippen LogP contribution in [0, 0.1) is 11.2 Å². The van der Waals surface area contributed by atoms with Crippen LogP contribution in [0.5, 0.6) is 0 Å². The number of hydrogen-bond acceptors (Lipinski definition) is 3. The van der Waals surface area contributed by atoms with Crippen LogP contribution in [0.3, 0.4) is 0 Å². The largest absolute Gasteiger partial charge is 0.353 e. The average molecular weight is 446 g/mol. The van der Waals surface area contributed by atoms with Crippen LogP contribution >= 0.6 is 0 Å².